The maximum absolute atomic E-state index is 11.4. The first kappa shape index (κ1) is 16.0. The lowest BCUT2D eigenvalue weighted by molar-refractivity contribution is 0.0685. The van der Waals surface area contributed by atoms with E-state index in [-0.39, 0.29) is 17.5 Å². The number of rotatable bonds is 4. The number of hydrogen-bond acceptors (Lipinski definition) is 6. The number of aromatic nitrogens is 2. The largest absolute Gasteiger partial charge is 0.477 e. The summed E-state index contributed by atoms with van der Waals surface area (Å²) in [4.78, 5) is 22.0. The van der Waals surface area contributed by atoms with Gasteiger partial charge in [0, 0.05) is 13.1 Å². The normalized spacial score (nSPS) is 20.1. The minimum absolute atomic E-state index is 0.0336. The molecule has 2 aliphatic rings. The first-order valence-corrected chi connectivity index (χ1v) is 8.34. The van der Waals surface area contributed by atoms with E-state index in [1.165, 1.54) is 19.0 Å². The second kappa shape index (κ2) is 7.59. The molecular formula is C16H23N3O4. The highest BCUT2D eigenvalue weighted by Gasteiger charge is 2.22. The SMILES string of the molecule is O=C(O)c1cnc(N2CCOCC2)nc1OC1CCCCCC1. The summed E-state index contributed by atoms with van der Waals surface area (Å²) in [5, 5.41) is 9.36. The predicted octanol–water partition coefficient (Wildman–Crippen LogP) is 2.11. The van der Waals surface area contributed by atoms with Crippen molar-refractivity contribution in [3.05, 3.63) is 11.8 Å². The summed E-state index contributed by atoms with van der Waals surface area (Å²) in [6.07, 6.45) is 7.98. The van der Waals surface area contributed by atoms with Gasteiger partial charge < -0.3 is 19.5 Å². The summed E-state index contributed by atoms with van der Waals surface area (Å²) in [7, 11) is 0. The molecule has 126 valence electrons. The highest BCUT2D eigenvalue weighted by atomic mass is 16.5. The van der Waals surface area contributed by atoms with E-state index >= 15 is 0 Å². The van der Waals surface area contributed by atoms with Crippen molar-refractivity contribution < 1.29 is 19.4 Å². The number of aromatic carboxylic acids is 1. The molecule has 0 unspecified atom stereocenters. The first-order valence-electron chi connectivity index (χ1n) is 8.34. The number of carboxylic acid groups (broad SMARTS) is 1. The van der Waals surface area contributed by atoms with Crippen molar-refractivity contribution in [2.45, 2.75) is 44.6 Å². The Morgan fingerprint density at radius 1 is 1.22 bits per heavy atom. The Bertz CT molecular complexity index is 538. The van der Waals surface area contributed by atoms with Gasteiger partial charge >= 0.3 is 5.97 Å². The van der Waals surface area contributed by atoms with Gasteiger partial charge in [-0.2, -0.15) is 4.98 Å². The molecule has 1 saturated heterocycles. The predicted molar refractivity (Wildman–Crippen MR) is 84.1 cm³/mol. The summed E-state index contributed by atoms with van der Waals surface area (Å²) in [5.41, 5.74) is 0.0336. The van der Waals surface area contributed by atoms with Crippen LogP contribution in [0, 0.1) is 0 Å². The van der Waals surface area contributed by atoms with E-state index in [0.29, 0.717) is 32.3 Å². The molecule has 3 rings (SSSR count). The molecule has 0 atom stereocenters. The van der Waals surface area contributed by atoms with Crippen molar-refractivity contribution in [2.24, 2.45) is 0 Å². The average Bonchev–Trinajstić information content (AvgIpc) is 2.84. The van der Waals surface area contributed by atoms with E-state index in [1.807, 2.05) is 4.90 Å². The number of carboxylic acids is 1. The van der Waals surface area contributed by atoms with Gasteiger partial charge in [-0.1, -0.05) is 12.8 Å². The van der Waals surface area contributed by atoms with Gasteiger partial charge in [0.25, 0.3) is 0 Å². The van der Waals surface area contributed by atoms with Gasteiger partial charge in [0.05, 0.1) is 19.4 Å². The van der Waals surface area contributed by atoms with Crippen LogP contribution in [0.4, 0.5) is 5.95 Å². The van der Waals surface area contributed by atoms with Gasteiger partial charge in [0.1, 0.15) is 11.7 Å². The summed E-state index contributed by atoms with van der Waals surface area (Å²) >= 11 is 0. The van der Waals surface area contributed by atoms with Gasteiger partial charge in [-0.05, 0) is 25.7 Å². The van der Waals surface area contributed by atoms with Crippen LogP contribution >= 0.6 is 0 Å². The van der Waals surface area contributed by atoms with Crippen molar-refractivity contribution in [3.8, 4) is 5.88 Å². The molecule has 1 aliphatic heterocycles. The van der Waals surface area contributed by atoms with Crippen LogP contribution in [0.25, 0.3) is 0 Å². The molecule has 0 radical (unpaired) electrons. The fraction of sp³-hybridized carbons (Fsp3) is 0.688. The summed E-state index contributed by atoms with van der Waals surface area (Å²) < 4.78 is 11.3. The summed E-state index contributed by atoms with van der Waals surface area (Å²) in [6.45, 7) is 2.66. The third-order valence-electron chi connectivity index (χ3n) is 4.35. The van der Waals surface area contributed by atoms with E-state index in [2.05, 4.69) is 9.97 Å². The Morgan fingerprint density at radius 2 is 1.91 bits per heavy atom. The quantitative estimate of drug-likeness (QED) is 0.850. The van der Waals surface area contributed by atoms with Crippen LogP contribution in [0.1, 0.15) is 48.9 Å². The van der Waals surface area contributed by atoms with Crippen LogP contribution in [-0.2, 0) is 4.74 Å². The fourth-order valence-corrected chi connectivity index (χ4v) is 3.03. The maximum atomic E-state index is 11.4. The molecule has 2 heterocycles. The van der Waals surface area contributed by atoms with E-state index in [0.717, 1.165) is 25.7 Å². The van der Waals surface area contributed by atoms with Gasteiger partial charge in [0.15, 0.2) is 0 Å². The zero-order valence-electron chi connectivity index (χ0n) is 13.2. The van der Waals surface area contributed by atoms with Crippen LogP contribution in [0.15, 0.2) is 6.20 Å². The molecule has 23 heavy (non-hydrogen) atoms. The minimum atomic E-state index is -1.05. The maximum Gasteiger partial charge on any atom is 0.342 e. The average molecular weight is 321 g/mol. The fourth-order valence-electron chi connectivity index (χ4n) is 3.03. The third-order valence-corrected chi connectivity index (χ3v) is 4.35. The molecule has 2 fully saturated rings. The van der Waals surface area contributed by atoms with Crippen LogP contribution < -0.4 is 9.64 Å². The Labute approximate surface area is 135 Å². The highest BCUT2D eigenvalue weighted by molar-refractivity contribution is 5.89. The standard InChI is InChI=1S/C16H23N3O4/c20-15(21)13-11-17-16(19-7-9-22-10-8-19)18-14(13)23-12-5-3-1-2-4-6-12/h11-12H,1-10H2,(H,20,21). The second-order valence-corrected chi connectivity index (χ2v) is 6.02. The topological polar surface area (TPSA) is 84.8 Å². The van der Waals surface area contributed by atoms with E-state index in [4.69, 9.17) is 9.47 Å². The Morgan fingerprint density at radius 3 is 2.57 bits per heavy atom. The summed E-state index contributed by atoms with van der Waals surface area (Å²) in [5.74, 6) is -0.343. The Hall–Kier alpha value is -1.89. The molecule has 0 bridgehead atoms. The Balaban J connectivity index is 1.80. The smallest absolute Gasteiger partial charge is 0.342 e. The molecule has 1 saturated carbocycles. The molecule has 1 N–H and O–H groups in total. The molecule has 0 aromatic carbocycles. The lowest BCUT2D eigenvalue weighted by Crippen LogP contribution is -2.37. The van der Waals surface area contributed by atoms with E-state index < -0.39 is 5.97 Å². The number of nitrogens with zero attached hydrogens (tertiary/aromatic N) is 3. The van der Waals surface area contributed by atoms with Gasteiger partial charge in [-0.15, -0.1) is 0 Å². The first-order chi connectivity index (χ1) is 11.2. The monoisotopic (exact) mass is 321 g/mol. The molecule has 7 heteroatoms. The number of morpholine rings is 1. The van der Waals surface area contributed by atoms with Crippen molar-refractivity contribution in [1.29, 1.82) is 0 Å². The van der Waals surface area contributed by atoms with Crippen LogP contribution in [0.3, 0.4) is 0 Å². The molecule has 0 spiro atoms. The van der Waals surface area contributed by atoms with Crippen molar-refractivity contribution >= 4 is 11.9 Å². The number of ether oxygens (including phenoxy) is 2. The van der Waals surface area contributed by atoms with Crippen molar-refractivity contribution in [2.75, 3.05) is 31.2 Å². The number of hydrogen-bond donors (Lipinski definition) is 1. The Kier molecular flexibility index (Phi) is 5.27. The molecule has 1 aliphatic carbocycles. The van der Waals surface area contributed by atoms with Gasteiger partial charge in [-0.25, -0.2) is 9.78 Å². The number of carbonyl (C=O) groups is 1. The second-order valence-electron chi connectivity index (χ2n) is 6.02. The van der Waals surface area contributed by atoms with Gasteiger partial charge in [-0.3, -0.25) is 0 Å². The van der Waals surface area contributed by atoms with E-state index in [1.54, 1.807) is 0 Å². The number of anilines is 1. The third kappa shape index (κ3) is 4.10. The zero-order chi connectivity index (χ0) is 16.1. The van der Waals surface area contributed by atoms with Crippen LogP contribution in [0.2, 0.25) is 0 Å². The van der Waals surface area contributed by atoms with Crippen LogP contribution in [0.5, 0.6) is 5.88 Å². The zero-order valence-corrected chi connectivity index (χ0v) is 13.2. The van der Waals surface area contributed by atoms with Crippen molar-refractivity contribution in [1.82, 2.24) is 9.97 Å². The highest BCUT2D eigenvalue weighted by Crippen LogP contribution is 2.25. The summed E-state index contributed by atoms with van der Waals surface area (Å²) in [6, 6.07) is 0. The minimum Gasteiger partial charge on any atom is -0.477 e. The van der Waals surface area contributed by atoms with E-state index in [9.17, 15) is 9.90 Å². The van der Waals surface area contributed by atoms with Crippen LogP contribution in [-0.4, -0.2) is 53.5 Å². The molecule has 7 nitrogen and oxygen atoms in total. The van der Waals surface area contributed by atoms with Gasteiger partial charge in [0.2, 0.25) is 11.8 Å². The molecule has 1 aromatic heterocycles. The molecule has 1 aromatic rings. The molecule has 0 amide bonds. The lowest BCUT2D eigenvalue weighted by atomic mass is 10.1. The molecular weight excluding hydrogens is 298 g/mol. The van der Waals surface area contributed by atoms with Crippen molar-refractivity contribution in [3.63, 3.8) is 0 Å². The lowest BCUT2D eigenvalue weighted by Gasteiger charge is -2.27.